The lowest BCUT2D eigenvalue weighted by Gasteiger charge is -2.30. The zero-order chi connectivity index (χ0) is 19.4. The second kappa shape index (κ2) is 8.08. The van der Waals surface area contributed by atoms with E-state index >= 15 is 0 Å². The fourth-order valence-corrected chi connectivity index (χ4v) is 4.38. The Kier molecular flexibility index (Phi) is 5.79. The minimum absolute atomic E-state index is 0.143. The molecule has 2 aromatic carbocycles. The van der Waals surface area contributed by atoms with Crippen molar-refractivity contribution in [3.8, 4) is 5.75 Å². The van der Waals surface area contributed by atoms with Crippen LogP contribution in [-0.2, 0) is 14.8 Å². The van der Waals surface area contributed by atoms with Crippen LogP contribution in [0.1, 0.15) is 17.3 Å². The first-order valence-electron chi connectivity index (χ1n) is 8.57. The van der Waals surface area contributed by atoms with E-state index in [0.717, 1.165) is 0 Å². The van der Waals surface area contributed by atoms with Gasteiger partial charge in [-0.25, -0.2) is 8.42 Å². The molecule has 1 saturated heterocycles. The van der Waals surface area contributed by atoms with E-state index in [1.165, 1.54) is 16.4 Å². The summed E-state index contributed by atoms with van der Waals surface area (Å²) in [5.41, 5.74) is 0.865. The Hall–Kier alpha value is -2.42. The molecule has 1 aliphatic heterocycles. The summed E-state index contributed by atoms with van der Waals surface area (Å²) in [6, 6.07) is 12.9. The van der Waals surface area contributed by atoms with Crippen LogP contribution in [0, 0.1) is 0 Å². The number of carbonyl (C=O) groups excluding carboxylic acids is 1. The van der Waals surface area contributed by atoms with Crippen LogP contribution in [0.15, 0.2) is 53.4 Å². The van der Waals surface area contributed by atoms with Crippen molar-refractivity contribution in [3.05, 3.63) is 54.1 Å². The number of amides is 1. The van der Waals surface area contributed by atoms with Crippen LogP contribution in [0.5, 0.6) is 5.75 Å². The Balaban J connectivity index is 1.77. The van der Waals surface area contributed by atoms with Crippen molar-refractivity contribution >= 4 is 21.6 Å². The molecule has 8 heteroatoms. The molecule has 3 rings (SSSR count). The molecule has 1 heterocycles. The molecule has 27 heavy (non-hydrogen) atoms. The van der Waals surface area contributed by atoms with Gasteiger partial charge in [0.15, 0.2) is 0 Å². The predicted octanol–water partition coefficient (Wildman–Crippen LogP) is 2.36. The van der Waals surface area contributed by atoms with Crippen molar-refractivity contribution in [2.45, 2.75) is 17.9 Å². The maximum atomic E-state index is 12.9. The monoisotopic (exact) mass is 390 g/mol. The fourth-order valence-electron chi connectivity index (χ4n) is 2.83. The second-order valence-electron chi connectivity index (χ2n) is 6.25. The van der Waals surface area contributed by atoms with E-state index in [2.05, 4.69) is 5.32 Å². The maximum absolute atomic E-state index is 12.9. The van der Waals surface area contributed by atoms with Crippen molar-refractivity contribution in [2.24, 2.45) is 0 Å². The van der Waals surface area contributed by atoms with Crippen LogP contribution in [0.2, 0.25) is 0 Å². The lowest BCUT2D eigenvalue weighted by Crippen LogP contribution is -2.44. The van der Waals surface area contributed by atoms with E-state index < -0.39 is 10.0 Å². The van der Waals surface area contributed by atoms with Gasteiger partial charge in [0.1, 0.15) is 5.75 Å². The number of anilines is 1. The molecule has 1 N–H and O–H groups in total. The normalized spacial score (nSPS) is 18.1. The van der Waals surface area contributed by atoms with E-state index in [-0.39, 0.29) is 16.9 Å². The molecule has 7 nitrogen and oxygen atoms in total. The topological polar surface area (TPSA) is 84.9 Å². The molecule has 1 atom stereocenters. The summed E-state index contributed by atoms with van der Waals surface area (Å²) in [5, 5.41) is 2.73. The van der Waals surface area contributed by atoms with E-state index in [1.54, 1.807) is 43.5 Å². The Bertz CT molecular complexity index is 912. The number of hydrogen-bond acceptors (Lipinski definition) is 5. The molecule has 0 radical (unpaired) electrons. The molecular weight excluding hydrogens is 368 g/mol. The zero-order valence-corrected chi connectivity index (χ0v) is 16.0. The van der Waals surface area contributed by atoms with Gasteiger partial charge in [0.05, 0.1) is 24.7 Å². The largest absolute Gasteiger partial charge is 0.497 e. The molecule has 1 aliphatic rings. The van der Waals surface area contributed by atoms with Gasteiger partial charge in [-0.3, -0.25) is 4.79 Å². The molecule has 1 amide bonds. The third-order valence-electron chi connectivity index (χ3n) is 4.29. The van der Waals surface area contributed by atoms with Crippen LogP contribution in [0.4, 0.5) is 5.69 Å². The van der Waals surface area contributed by atoms with Gasteiger partial charge >= 0.3 is 0 Å². The molecule has 0 aromatic heterocycles. The van der Waals surface area contributed by atoms with Crippen molar-refractivity contribution in [3.63, 3.8) is 0 Å². The number of nitrogens with one attached hydrogen (secondary N) is 1. The van der Waals surface area contributed by atoms with Gasteiger partial charge in [0, 0.05) is 24.3 Å². The fraction of sp³-hybridized carbons (Fsp3) is 0.316. The van der Waals surface area contributed by atoms with Gasteiger partial charge in [0.2, 0.25) is 10.0 Å². The number of rotatable bonds is 5. The van der Waals surface area contributed by atoms with Gasteiger partial charge in [-0.2, -0.15) is 4.31 Å². The number of carbonyl (C=O) groups is 1. The SMILES string of the molecule is COc1ccc(C(=O)Nc2cccc(S(=O)(=O)N3CCOC(C)C3)c2)cc1. The molecular formula is C19H22N2O5S. The summed E-state index contributed by atoms with van der Waals surface area (Å²) in [7, 11) is -2.09. The first kappa shape index (κ1) is 19.3. The number of ether oxygens (including phenoxy) is 2. The summed E-state index contributed by atoms with van der Waals surface area (Å²) in [6.07, 6.45) is -0.147. The average molecular weight is 390 g/mol. The molecule has 1 unspecified atom stereocenters. The Morgan fingerprint density at radius 2 is 1.96 bits per heavy atom. The van der Waals surface area contributed by atoms with Gasteiger partial charge in [-0.15, -0.1) is 0 Å². The first-order valence-corrected chi connectivity index (χ1v) is 10.0. The maximum Gasteiger partial charge on any atom is 0.255 e. The third kappa shape index (κ3) is 4.47. The summed E-state index contributed by atoms with van der Waals surface area (Å²) in [5.74, 6) is 0.326. The Morgan fingerprint density at radius 1 is 1.22 bits per heavy atom. The Morgan fingerprint density at radius 3 is 2.63 bits per heavy atom. The van der Waals surface area contributed by atoms with Crippen molar-refractivity contribution in [1.82, 2.24) is 4.31 Å². The molecule has 1 fully saturated rings. The van der Waals surface area contributed by atoms with E-state index in [1.807, 2.05) is 6.92 Å². The lowest BCUT2D eigenvalue weighted by molar-refractivity contribution is 0.0102. The highest BCUT2D eigenvalue weighted by Gasteiger charge is 2.29. The number of benzene rings is 2. The van der Waals surface area contributed by atoms with E-state index in [9.17, 15) is 13.2 Å². The predicted molar refractivity (Wildman–Crippen MR) is 102 cm³/mol. The number of hydrogen-bond donors (Lipinski definition) is 1. The zero-order valence-electron chi connectivity index (χ0n) is 15.2. The summed E-state index contributed by atoms with van der Waals surface area (Å²) in [4.78, 5) is 12.5. The number of methoxy groups -OCH3 is 1. The van der Waals surface area contributed by atoms with Crippen molar-refractivity contribution in [2.75, 3.05) is 32.1 Å². The van der Waals surface area contributed by atoms with Crippen LogP contribution < -0.4 is 10.1 Å². The second-order valence-corrected chi connectivity index (χ2v) is 8.19. The van der Waals surface area contributed by atoms with E-state index in [4.69, 9.17) is 9.47 Å². The third-order valence-corrected chi connectivity index (χ3v) is 6.15. The van der Waals surface area contributed by atoms with Crippen LogP contribution in [0.25, 0.3) is 0 Å². The highest BCUT2D eigenvalue weighted by molar-refractivity contribution is 7.89. The molecule has 0 aliphatic carbocycles. The minimum atomic E-state index is -3.64. The molecule has 0 spiro atoms. The average Bonchev–Trinajstić information content (AvgIpc) is 2.68. The van der Waals surface area contributed by atoms with Crippen molar-refractivity contribution < 1.29 is 22.7 Å². The highest BCUT2D eigenvalue weighted by atomic mass is 32.2. The molecule has 2 aromatic rings. The van der Waals surface area contributed by atoms with E-state index in [0.29, 0.717) is 36.7 Å². The number of sulfonamides is 1. The Labute approximate surface area is 158 Å². The standard InChI is InChI=1S/C19H22N2O5S/c1-14-13-21(10-11-26-14)27(23,24)18-5-3-4-16(12-18)20-19(22)15-6-8-17(25-2)9-7-15/h3-9,12,14H,10-11,13H2,1-2H3,(H,20,22). The lowest BCUT2D eigenvalue weighted by atomic mass is 10.2. The van der Waals surface area contributed by atoms with Crippen LogP contribution in [0.3, 0.4) is 0 Å². The van der Waals surface area contributed by atoms with Gasteiger partial charge in [0.25, 0.3) is 5.91 Å². The quantitative estimate of drug-likeness (QED) is 0.847. The molecule has 144 valence electrons. The highest BCUT2D eigenvalue weighted by Crippen LogP contribution is 2.22. The van der Waals surface area contributed by atoms with Crippen LogP contribution >= 0.6 is 0 Å². The molecule has 0 saturated carbocycles. The first-order chi connectivity index (χ1) is 12.9. The number of nitrogens with zero attached hydrogens (tertiary/aromatic N) is 1. The van der Waals surface area contributed by atoms with Crippen molar-refractivity contribution in [1.29, 1.82) is 0 Å². The summed E-state index contributed by atoms with van der Waals surface area (Å²) in [6.45, 7) is 2.83. The number of morpholine rings is 1. The smallest absolute Gasteiger partial charge is 0.255 e. The van der Waals surface area contributed by atoms with Gasteiger partial charge in [-0.1, -0.05) is 6.07 Å². The molecule has 0 bridgehead atoms. The summed E-state index contributed by atoms with van der Waals surface area (Å²) >= 11 is 0. The van der Waals surface area contributed by atoms with Gasteiger partial charge in [-0.05, 0) is 49.4 Å². The summed E-state index contributed by atoms with van der Waals surface area (Å²) < 4.78 is 37.6. The van der Waals surface area contributed by atoms with Gasteiger partial charge < -0.3 is 14.8 Å². The minimum Gasteiger partial charge on any atom is -0.497 e. The van der Waals surface area contributed by atoms with Crippen LogP contribution in [-0.4, -0.2) is 51.5 Å².